The van der Waals surface area contributed by atoms with Gasteiger partial charge in [-0.05, 0) is 96.8 Å². The number of rotatable bonds is 2. The van der Waals surface area contributed by atoms with Crippen molar-refractivity contribution < 1.29 is 9.31 Å². The number of hydrogen-bond acceptors (Lipinski definition) is 3. The molecule has 2 aromatic heterocycles. The second-order valence-corrected chi connectivity index (χ2v) is 11.9. The third kappa shape index (κ3) is 3.38. The van der Waals surface area contributed by atoms with E-state index in [1.165, 1.54) is 27.3 Å². The molecule has 1 fully saturated rings. The molecule has 0 atom stereocenters. The van der Waals surface area contributed by atoms with Gasteiger partial charge in [-0.1, -0.05) is 66.7 Å². The number of para-hydroxylation sites is 2. The van der Waals surface area contributed by atoms with Crippen molar-refractivity contribution >= 4 is 61.7 Å². The van der Waals surface area contributed by atoms with E-state index >= 15 is 0 Å². The van der Waals surface area contributed by atoms with Crippen LogP contribution in [0.4, 0.5) is 0 Å². The molecular formula is C35H29BN2O2. The van der Waals surface area contributed by atoms with E-state index in [1.54, 1.807) is 0 Å². The SMILES string of the molecule is CC1(C)OB(c2ccc3c(c2)c2cc(-c4ccc5ccccc5c4)ccc2c2nc4ccccc4n32)OC1(C)C. The molecule has 8 rings (SSSR count). The summed E-state index contributed by atoms with van der Waals surface area (Å²) in [7, 11) is -0.427. The van der Waals surface area contributed by atoms with E-state index in [0.717, 1.165) is 38.4 Å². The van der Waals surface area contributed by atoms with Crippen molar-refractivity contribution in [3.05, 3.63) is 103 Å². The van der Waals surface area contributed by atoms with Gasteiger partial charge < -0.3 is 9.31 Å². The van der Waals surface area contributed by atoms with Gasteiger partial charge in [0.25, 0.3) is 0 Å². The zero-order valence-electron chi connectivity index (χ0n) is 23.1. The minimum absolute atomic E-state index is 0.400. The molecule has 0 radical (unpaired) electrons. The third-order valence-electron chi connectivity index (χ3n) is 8.98. The van der Waals surface area contributed by atoms with Crippen LogP contribution in [0.25, 0.3) is 60.3 Å². The minimum Gasteiger partial charge on any atom is -0.399 e. The first-order valence-electron chi connectivity index (χ1n) is 13.9. The van der Waals surface area contributed by atoms with Crippen molar-refractivity contribution in [3.63, 3.8) is 0 Å². The minimum atomic E-state index is -0.427. The van der Waals surface area contributed by atoms with Crippen LogP contribution in [-0.4, -0.2) is 27.7 Å². The van der Waals surface area contributed by atoms with Gasteiger partial charge in [0.05, 0.1) is 27.8 Å². The molecule has 0 unspecified atom stereocenters. The molecule has 0 N–H and O–H groups in total. The summed E-state index contributed by atoms with van der Waals surface area (Å²) in [5, 5.41) is 5.93. The van der Waals surface area contributed by atoms with Gasteiger partial charge in [0.1, 0.15) is 5.65 Å². The molecule has 1 saturated heterocycles. The fraction of sp³-hybridized carbons (Fsp3) is 0.171. The molecule has 0 aliphatic carbocycles. The lowest BCUT2D eigenvalue weighted by Gasteiger charge is -2.32. The van der Waals surface area contributed by atoms with Crippen LogP contribution in [0.15, 0.2) is 103 Å². The maximum Gasteiger partial charge on any atom is 0.494 e. The van der Waals surface area contributed by atoms with Crippen molar-refractivity contribution in [1.29, 1.82) is 0 Å². The normalized spacial score (nSPS) is 16.6. The fourth-order valence-electron chi connectivity index (χ4n) is 6.05. The lowest BCUT2D eigenvalue weighted by Crippen LogP contribution is -2.41. The smallest absolute Gasteiger partial charge is 0.399 e. The molecule has 0 saturated carbocycles. The summed E-state index contributed by atoms with van der Waals surface area (Å²) < 4.78 is 15.2. The van der Waals surface area contributed by atoms with Gasteiger partial charge in [-0.2, -0.15) is 0 Å². The molecule has 1 aliphatic rings. The number of benzene rings is 5. The molecule has 0 amide bonds. The highest BCUT2D eigenvalue weighted by Gasteiger charge is 2.51. The number of nitrogens with zero attached hydrogens (tertiary/aromatic N) is 2. The Morgan fingerprint density at radius 2 is 1.30 bits per heavy atom. The summed E-state index contributed by atoms with van der Waals surface area (Å²) in [4.78, 5) is 5.09. The van der Waals surface area contributed by atoms with Crippen LogP contribution < -0.4 is 5.46 Å². The Morgan fingerprint density at radius 3 is 2.12 bits per heavy atom. The number of pyridine rings is 1. The van der Waals surface area contributed by atoms with Gasteiger partial charge in [0, 0.05) is 10.8 Å². The van der Waals surface area contributed by atoms with Crippen LogP contribution in [0.3, 0.4) is 0 Å². The zero-order valence-corrected chi connectivity index (χ0v) is 23.1. The summed E-state index contributed by atoms with van der Waals surface area (Å²) in [6, 6.07) is 36.9. The Kier molecular flexibility index (Phi) is 4.84. The highest BCUT2D eigenvalue weighted by Crippen LogP contribution is 2.38. The molecular weight excluding hydrogens is 491 g/mol. The number of aromatic nitrogens is 2. The van der Waals surface area contributed by atoms with E-state index in [4.69, 9.17) is 14.3 Å². The highest BCUT2D eigenvalue weighted by atomic mass is 16.7. The molecule has 5 aromatic carbocycles. The first-order valence-corrected chi connectivity index (χ1v) is 13.9. The largest absolute Gasteiger partial charge is 0.494 e. The monoisotopic (exact) mass is 520 g/mol. The molecule has 194 valence electrons. The quantitative estimate of drug-likeness (QED) is 0.172. The van der Waals surface area contributed by atoms with Gasteiger partial charge in [0.2, 0.25) is 0 Å². The van der Waals surface area contributed by atoms with Gasteiger partial charge in [-0.15, -0.1) is 0 Å². The van der Waals surface area contributed by atoms with Gasteiger partial charge in [-0.3, -0.25) is 4.40 Å². The first kappa shape index (κ1) is 23.7. The van der Waals surface area contributed by atoms with Crippen LogP contribution in [0.5, 0.6) is 0 Å². The predicted molar refractivity (Wildman–Crippen MR) is 166 cm³/mol. The Morgan fingerprint density at radius 1 is 0.600 bits per heavy atom. The van der Waals surface area contributed by atoms with Crippen LogP contribution in [0.2, 0.25) is 0 Å². The van der Waals surface area contributed by atoms with E-state index in [-0.39, 0.29) is 0 Å². The van der Waals surface area contributed by atoms with Crippen LogP contribution in [-0.2, 0) is 9.31 Å². The van der Waals surface area contributed by atoms with Crippen LogP contribution in [0.1, 0.15) is 27.7 Å². The van der Waals surface area contributed by atoms with E-state index in [0.29, 0.717) is 0 Å². The van der Waals surface area contributed by atoms with Gasteiger partial charge in [-0.25, -0.2) is 4.98 Å². The predicted octanol–water partition coefficient (Wildman–Crippen LogP) is 7.91. The van der Waals surface area contributed by atoms with Crippen molar-refractivity contribution in [2.24, 2.45) is 0 Å². The Balaban J connectivity index is 1.41. The number of hydrogen-bond donors (Lipinski definition) is 0. The third-order valence-corrected chi connectivity index (χ3v) is 8.98. The summed E-state index contributed by atoms with van der Waals surface area (Å²) in [6.45, 7) is 8.39. The molecule has 5 heteroatoms. The Hall–Kier alpha value is -4.19. The van der Waals surface area contributed by atoms with E-state index in [1.807, 2.05) is 6.07 Å². The molecule has 3 heterocycles. The molecule has 40 heavy (non-hydrogen) atoms. The summed E-state index contributed by atoms with van der Waals surface area (Å²) >= 11 is 0. The molecule has 4 nitrogen and oxygen atoms in total. The van der Waals surface area contributed by atoms with Gasteiger partial charge in [0.15, 0.2) is 0 Å². The van der Waals surface area contributed by atoms with E-state index in [9.17, 15) is 0 Å². The highest BCUT2D eigenvalue weighted by molar-refractivity contribution is 6.62. The molecule has 0 bridgehead atoms. The maximum atomic E-state index is 6.45. The van der Waals surface area contributed by atoms with Crippen molar-refractivity contribution in [3.8, 4) is 11.1 Å². The zero-order chi connectivity index (χ0) is 27.2. The van der Waals surface area contributed by atoms with Crippen molar-refractivity contribution in [1.82, 2.24) is 9.38 Å². The van der Waals surface area contributed by atoms with Gasteiger partial charge >= 0.3 is 7.12 Å². The molecule has 7 aromatic rings. The Bertz CT molecular complexity index is 2130. The van der Waals surface area contributed by atoms with Crippen LogP contribution in [0, 0.1) is 0 Å². The number of imidazole rings is 1. The molecule has 0 spiro atoms. The molecule has 1 aliphatic heterocycles. The summed E-state index contributed by atoms with van der Waals surface area (Å²) in [5.41, 5.74) is 6.78. The summed E-state index contributed by atoms with van der Waals surface area (Å²) in [5.74, 6) is 0. The van der Waals surface area contributed by atoms with Crippen molar-refractivity contribution in [2.45, 2.75) is 38.9 Å². The van der Waals surface area contributed by atoms with E-state index in [2.05, 4.69) is 129 Å². The lowest BCUT2D eigenvalue weighted by atomic mass is 9.78. The van der Waals surface area contributed by atoms with Crippen molar-refractivity contribution in [2.75, 3.05) is 0 Å². The topological polar surface area (TPSA) is 35.8 Å². The second kappa shape index (κ2) is 8.17. The summed E-state index contributed by atoms with van der Waals surface area (Å²) in [6.07, 6.45) is 0. The average Bonchev–Trinajstić information content (AvgIpc) is 3.46. The lowest BCUT2D eigenvalue weighted by molar-refractivity contribution is 0.00578. The maximum absolute atomic E-state index is 6.45. The Labute approximate surface area is 233 Å². The van der Waals surface area contributed by atoms with E-state index < -0.39 is 18.3 Å². The standard InChI is InChI=1S/C35H29BN2O2/c1-34(2)35(3,4)40-36(39-34)26-16-18-31-29(21-26)28-20-25(24-14-13-22-9-5-6-10-23(22)19-24)15-17-27(28)33-37-30-11-7-8-12-32(30)38(31)33/h5-21H,1-4H3. The first-order chi connectivity index (χ1) is 19.3. The average molecular weight is 520 g/mol. The fourth-order valence-corrected chi connectivity index (χ4v) is 6.05. The number of fused-ring (bicyclic) bond motifs is 9. The van der Waals surface area contributed by atoms with Crippen LogP contribution >= 0.6 is 0 Å². The second-order valence-electron chi connectivity index (χ2n) is 11.9.